The lowest BCUT2D eigenvalue weighted by Gasteiger charge is -2.30. The minimum absolute atomic E-state index is 0.0424. The SMILES string of the molecule is Cc1ccc(C(C)N(C)C(=O)CC(N)C(C)(C)C)s1. The summed E-state index contributed by atoms with van der Waals surface area (Å²) in [5.74, 6) is 0.112. The van der Waals surface area contributed by atoms with Gasteiger partial charge in [0.25, 0.3) is 0 Å². The fourth-order valence-electron chi connectivity index (χ4n) is 1.72. The van der Waals surface area contributed by atoms with Crippen molar-refractivity contribution in [1.82, 2.24) is 4.90 Å². The largest absolute Gasteiger partial charge is 0.338 e. The number of rotatable bonds is 4. The van der Waals surface area contributed by atoms with E-state index >= 15 is 0 Å². The summed E-state index contributed by atoms with van der Waals surface area (Å²) >= 11 is 1.74. The molecule has 1 aromatic heterocycles. The van der Waals surface area contributed by atoms with Crippen molar-refractivity contribution in [3.8, 4) is 0 Å². The summed E-state index contributed by atoms with van der Waals surface area (Å²) in [5.41, 5.74) is 6.05. The molecule has 0 aliphatic heterocycles. The number of hydrogen-bond acceptors (Lipinski definition) is 3. The van der Waals surface area contributed by atoms with Crippen molar-refractivity contribution >= 4 is 17.2 Å². The zero-order valence-electron chi connectivity index (χ0n) is 12.9. The van der Waals surface area contributed by atoms with Crippen molar-refractivity contribution in [2.45, 2.75) is 53.1 Å². The molecule has 0 saturated heterocycles. The van der Waals surface area contributed by atoms with Crippen LogP contribution in [0.1, 0.15) is 49.9 Å². The van der Waals surface area contributed by atoms with Crippen LogP contribution in [0.2, 0.25) is 0 Å². The summed E-state index contributed by atoms with van der Waals surface area (Å²) in [7, 11) is 1.86. The minimum Gasteiger partial charge on any atom is -0.338 e. The Morgan fingerprint density at radius 1 is 1.42 bits per heavy atom. The van der Waals surface area contributed by atoms with E-state index in [0.717, 1.165) is 0 Å². The molecule has 0 spiro atoms. The average Bonchev–Trinajstić information content (AvgIpc) is 2.72. The Balaban J connectivity index is 2.67. The Bertz CT molecular complexity index is 434. The van der Waals surface area contributed by atoms with Crippen LogP contribution in [-0.2, 0) is 4.79 Å². The quantitative estimate of drug-likeness (QED) is 0.920. The molecule has 0 bridgehead atoms. The Morgan fingerprint density at radius 2 is 2.00 bits per heavy atom. The van der Waals surface area contributed by atoms with Crippen LogP contribution in [0.15, 0.2) is 12.1 Å². The predicted molar refractivity (Wildman–Crippen MR) is 82.3 cm³/mol. The second kappa shape index (κ2) is 6.06. The van der Waals surface area contributed by atoms with Crippen molar-refractivity contribution < 1.29 is 4.79 Å². The third-order valence-corrected chi connectivity index (χ3v) is 4.83. The predicted octanol–water partition coefficient (Wildman–Crippen LogP) is 3.34. The number of hydrogen-bond donors (Lipinski definition) is 1. The van der Waals surface area contributed by atoms with Gasteiger partial charge in [-0.2, -0.15) is 0 Å². The Hall–Kier alpha value is -0.870. The van der Waals surface area contributed by atoms with Crippen LogP contribution >= 0.6 is 11.3 Å². The van der Waals surface area contributed by atoms with Gasteiger partial charge in [-0.3, -0.25) is 4.79 Å². The molecule has 0 aliphatic carbocycles. The summed E-state index contributed by atoms with van der Waals surface area (Å²) in [6.45, 7) is 10.3. The molecule has 19 heavy (non-hydrogen) atoms. The van der Waals surface area contributed by atoms with Gasteiger partial charge < -0.3 is 10.6 Å². The van der Waals surface area contributed by atoms with Crippen molar-refractivity contribution in [2.24, 2.45) is 11.1 Å². The summed E-state index contributed by atoms with van der Waals surface area (Å²) in [6, 6.07) is 4.19. The number of carbonyl (C=O) groups excluding carboxylic acids is 1. The Labute approximate surface area is 120 Å². The molecule has 2 atom stereocenters. The first-order valence-electron chi connectivity index (χ1n) is 6.70. The third kappa shape index (κ3) is 4.32. The molecule has 1 heterocycles. The fourth-order valence-corrected chi connectivity index (χ4v) is 2.70. The van der Waals surface area contributed by atoms with E-state index in [0.29, 0.717) is 6.42 Å². The van der Waals surface area contributed by atoms with Crippen LogP contribution in [0.3, 0.4) is 0 Å². The molecule has 2 N–H and O–H groups in total. The van der Waals surface area contributed by atoms with Crippen LogP contribution < -0.4 is 5.73 Å². The second-order valence-corrected chi connectivity index (χ2v) is 7.63. The highest BCUT2D eigenvalue weighted by atomic mass is 32.1. The van der Waals surface area contributed by atoms with Gasteiger partial charge in [-0.1, -0.05) is 20.8 Å². The highest BCUT2D eigenvalue weighted by molar-refractivity contribution is 7.12. The molecule has 1 aromatic rings. The van der Waals surface area contributed by atoms with Gasteiger partial charge in [0.05, 0.1) is 6.04 Å². The number of nitrogens with zero attached hydrogens (tertiary/aromatic N) is 1. The first-order chi connectivity index (χ1) is 8.62. The Kier molecular flexibility index (Phi) is 5.16. The molecule has 0 aliphatic rings. The zero-order chi connectivity index (χ0) is 14.8. The minimum atomic E-state index is -0.111. The molecular formula is C15H26N2OS. The van der Waals surface area contributed by atoms with Crippen LogP contribution in [0, 0.1) is 12.3 Å². The van der Waals surface area contributed by atoms with Crippen LogP contribution in [0.25, 0.3) is 0 Å². The highest BCUT2D eigenvalue weighted by Crippen LogP contribution is 2.27. The highest BCUT2D eigenvalue weighted by Gasteiger charge is 2.26. The van der Waals surface area contributed by atoms with E-state index < -0.39 is 0 Å². The van der Waals surface area contributed by atoms with E-state index in [4.69, 9.17) is 5.73 Å². The van der Waals surface area contributed by atoms with Gasteiger partial charge in [0.2, 0.25) is 5.91 Å². The molecule has 1 rings (SSSR count). The van der Waals surface area contributed by atoms with Crippen molar-refractivity contribution in [2.75, 3.05) is 7.05 Å². The van der Waals surface area contributed by atoms with Gasteiger partial charge in [-0.15, -0.1) is 11.3 Å². The number of nitrogens with two attached hydrogens (primary N) is 1. The molecule has 3 nitrogen and oxygen atoms in total. The third-order valence-electron chi connectivity index (χ3n) is 3.65. The molecular weight excluding hydrogens is 256 g/mol. The van der Waals surface area contributed by atoms with E-state index in [9.17, 15) is 4.79 Å². The Morgan fingerprint density at radius 3 is 2.42 bits per heavy atom. The molecule has 2 unspecified atom stereocenters. The molecule has 0 aromatic carbocycles. The molecule has 4 heteroatoms. The average molecular weight is 282 g/mol. The molecule has 0 saturated carbocycles. The van der Waals surface area contributed by atoms with Crippen LogP contribution in [-0.4, -0.2) is 23.9 Å². The standard InChI is InChI=1S/C15H26N2OS/c1-10-7-8-12(19-10)11(2)17(6)14(18)9-13(16)15(3,4)5/h7-8,11,13H,9,16H2,1-6H3. The number of carbonyl (C=O) groups is 1. The van der Waals surface area contributed by atoms with Crippen LogP contribution in [0.5, 0.6) is 0 Å². The zero-order valence-corrected chi connectivity index (χ0v) is 13.7. The number of aryl methyl sites for hydroxylation is 1. The number of amides is 1. The normalized spacial score (nSPS) is 15.1. The monoisotopic (exact) mass is 282 g/mol. The van der Waals surface area contributed by atoms with E-state index in [2.05, 4.69) is 46.8 Å². The first-order valence-corrected chi connectivity index (χ1v) is 7.52. The van der Waals surface area contributed by atoms with Crippen molar-refractivity contribution in [3.63, 3.8) is 0 Å². The molecule has 1 amide bonds. The fraction of sp³-hybridized carbons (Fsp3) is 0.667. The summed E-state index contributed by atoms with van der Waals surface area (Å²) in [6.07, 6.45) is 0.398. The maximum absolute atomic E-state index is 12.3. The van der Waals surface area contributed by atoms with Gasteiger partial charge in [0, 0.05) is 29.3 Å². The van der Waals surface area contributed by atoms with Gasteiger partial charge in [0.15, 0.2) is 0 Å². The lowest BCUT2D eigenvalue weighted by atomic mass is 9.85. The second-order valence-electron chi connectivity index (χ2n) is 6.31. The molecule has 0 fully saturated rings. The van der Waals surface area contributed by atoms with E-state index in [1.165, 1.54) is 9.75 Å². The first kappa shape index (κ1) is 16.2. The molecule has 108 valence electrons. The van der Waals surface area contributed by atoms with E-state index in [1.807, 2.05) is 7.05 Å². The summed E-state index contributed by atoms with van der Waals surface area (Å²) in [4.78, 5) is 16.6. The summed E-state index contributed by atoms with van der Waals surface area (Å²) < 4.78 is 0. The maximum atomic E-state index is 12.3. The van der Waals surface area contributed by atoms with E-state index in [1.54, 1.807) is 16.2 Å². The van der Waals surface area contributed by atoms with Crippen LogP contribution in [0.4, 0.5) is 0 Å². The van der Waals surface area contributed by atoms with Crippen molar-refractivity contribution in [3.05, 3.63) is 21.9 Å². The lowest BCUT2D eigenvalue weighted by Crippen LogP contribution is -2.41. The summed E-state index contributed by atoms with van der Waals surface area (Å²) in [5, 5.41) is 0. The smallest absolute Gasteiger partial charge is 0.224 e. The van der Waals surface area contributed by atoms with E-state index in [-0.39, 0.29) is 23.4 Å². The molecule has 0 radical (unpaired) electrons. The van der Waals surface area contributed by atoms with Gasteiger partial charge >= 0.3 is 0 Å². The lowest BCUT2D eigenvalue weighted by molar-refractivity contribution is -0.132. The maximum Gasteiger partial charge on any atom is 0.224 e. The van der Waals surface area contributed by atoms with Crippen molar-refractivity contribution in [1.29, 1.82) is 0 Å². The van der Waals surface area contributed by atoms with Gasteiger partial charge in [0.1, 0.15) is 0 Å². The van der Waals surface area contributed by atoms with Gasteiger partial charge in [-0.25, -0.2) is 0 Å². The topological polar surface area (TPSA) is 46.3 Å². The van der Waals surface area contributed by atoms with Gasteiger partial charge in [-0.05, 0) is 31.4 Å². The number of thiophene rings is 1.